The summed E-state index contributed by atoms with van der Waals surface area (Å²) in [6.07, 6.45) is 4.80. The molecule has 1 aliphatic rings. The number of aryl methyl sites for hydroxylation is 2. The average Bonchev–Trinajstić information content (AvgIpc) is 3.14. The Morgan fingerprint density at radius 3 is 2.50 bits per heavy atom. The van der Waals surface area contributed by atoms with Crippen LogP contribution in [0.15, 0.2) is 9.52 Å². The van der Waals surface area contributed by atoms with E-state index in [-0.39, 0.29) is 11.2 Å². The minimum absolute atomic E-state index is 0.133. The lowest BCUT2D eigenvalue weighted by molar-refractivity contribution is 0.380. The van der Waals surface area contributed by atoms with Crippen LogP contribution in [0.2, 0.25) is 0 Å². The third kappa shape index (κ3) is 4.96. The van der Waals surface area contributed by atoms with E-state index in [1.165, 1.54) is 6.26 Å². The molecule has 24 heavy (non-hydrogen) atoms. The number of aromatic nitrogens is 1. The average molecular weight is 356 g/mol. The third-order valence-electron chi connectivity index (χ3n) is 4.42. The lowest BCUT2D eigenvalue weighted by Gasteiger charge is -2.18. The summed E-state index contributed by atoms with van der Waals surface area (Å²) in [5, 5.41) is 10.6. The van der Waals surface area contributed by atoms with Gasteiger partial charge in [-0.2, -0.15) is 0 Å². The second kappa shape index (κ2) is 7.55. The Morgan fingerprint density at radius 2 is 2.00 bits per heavy atom. The number of aliphatic imine (C=N–C) groups is 1. The molecule has 2 rings (SSSR count). The van der Waals surface area contributed by atoms with Crippen LogP contribution < -0.4 is 10.6 Å². The van der Waals surface area contributed by atoms with Crippen LogP contribution in [0, 0.1) is 5.41 Å². The summed E-state index contributed by atoms with van der Waals surface area (Å²) in [7, 11) is -1.25. The molecule has 7 nitrogen and oxygen atoms in total. The molecule has 8 heteroatoms. The molecule has 1 heterocycles. The van der Waals surface area contributed by atoms with Crippen LogP contribution in [0.25, 0.3) is 0 Å². The van der Waals surface area contributed by atoms with E-state index < -0.39 is 9.84 Å². The number of sulfone groups is 1. The molecule has 0 atom stereocenters. The van der Waals surface area contributed by atoms with Crippen molar-refractivity contribution in [2.45, 2.75) is 46.1 Å². The lowest BCUT2D eigenvalue weighted by Crippen LogP contribution is -2.41. The van der Waals surface area contributed by atoms with E-state index in [9.17, 15) is 8.42 Å². The summed E-state index contributed by atoms with van der Waals surface area (Å²) in [6, 6.07) is 0. The van der Waals surface area contributed by atoms with E-state index in [0.717, 1.165) is 42.7 Å². The van der Waals surface area contributed by atoms with Crippen LogP contribution in [0.4, 0.5) is 0 Å². The van der Waals surface area contributed by atoms with Crippen molar-refractivity contribution in [3.63, 3.8) is 0 Å². The van der Waals surface area contributed by atoms with Crippen LogP contribution >= 0.6 is 0 Å². The molecule has 136 valence electrons. The number of nitrogens with zero attached hydrogens (tertiary/aromatic N) is 2. The van der Waals surface area contributed by atoms with Gasteiger partial charge in [-0.15, -0.1) is 0 Å². The molecule has 0 unspecified atom stereocenters. The second-order valence-corrected chi connectivity index (χ2v) is 8.73. The maximum atomic E-state index is 11.5. The first-order valence-corrected chi connectivity index (χ1v) is 10.5. The molecule has 0 spiro atoms. The predicted molar refractivity (Wildman–Crippen MR) is 94.8 cm³/mol. The number of guanidine groups is 1. The Balaban J connectivity index is 1.91. The molecule has 1 aromatic heterocycles. The molecule has 0 radical (unpaired) electrons. The van der Waals surface area contributed by atoms with Gasteiger partial charge in [0.15, 0.2) is 5.96 Å². The van der Waals surface area contributed by atoms with E-state index in [0.29, 0.717) is 19.0 Å². The first-order valence-electron chi connectivity index (χ1n) is 8.41. The first kappa shape index (κ1) is 18.8. The molecule has 1 aromatic rings. The highest BCUT2D eigenvalue weighted by Crippen LogP contribution is 2.45. The van der Waals surface area contributed by atoms with E-state index in [1.54, 1.807) is 7.05 Å². The highest BCUT2D eigenvalue weighted by atomic mass is 32.2. The molecule has 0 aromatic carbocycles. The summed E-state index contributed by atoms with van der Waals surface area (Å²) in [5.74, 6) is 1.79. The normalized spacial score (nSPS) is 16.9. The Labute approximate surface area is 144 Å². The summed E-state index contributed by atoms with van der Waals surface area (Å²) < 4.78 is 28.4. The molecule has 0 aliphatic heterocycles. The van der Waals surface area contributed by atoms with Gasteiger partial charge in [-0.05, 0) is 19.3 Å². The van der Waals surface area contributed by atoms with E-state index >= 15 is 0 Å². The number of hydrogen-bond acceptors (Lipinski definition) is 5. The van der Waals surface area contributed by atoms with Crippen molar-refractivity contribution in [2.75, 3.05) is 25.6 Å². The fourth-order valence-corrected chi connectivity index (χ4v) is 4.41. The zero-order valence-corrected chi connectivity index (χ0v) is 15.8. The lowest BCUT2D eigenvalue weighted by atomic mass is 10.1. The van der Waals surface area contributed by atoms with Gasteiger partial charge in [-0.3, -0.25) is 4.99 Å². The Hall–Kier alpha value is -1.57. The van der Waals surface area contributed by atoms with E-state index in [1.807, 2.05) is 6.92 Å². The zero-order valence-electron chi connectivity index (χ0n) is 15.0. The topological polar surface area (TPSA) is 96.6 Å². The fraction of sp³-hybridized carbons (Fsp3) is 0.750. The van der Waals surface area contributed by atoms with Gasteiger partial charge in [0.2, 0.25) is 0 Å². The third-order valence-corrected chi connectivity index (χ3v) is 5.56. The Bertz CT molecular complexity index is 669. The van der Waals surface area contributed by atoms with Gasteiger partial charge >= 0.3 is 0 Å². The highest BCUT2D eigenvalue weighted by molar-refractivity contribution is 7.90. The molecule has 0 amide bonds. The number of hydrogen-bond donors (Lipinski definition) is 2. The Kier molecular flexibility index (Phi) is 5.90. The van der Waals surface area contributed by atoms with Gasteiger partial charge < -0.3 is 15.2 Å². The maximum absolute atomic E-state index is 11.5. The number of nitrogens with one attached hydrogen (secondary N) is 2. The summed E-state index contributed by atoms with van der Waals surface area (Å²) in [4.78, 5) is 4.22. The molecule has 1 fully saturated rings. The van der Waals surface area contributed by atoms with Crippen LogP contribution in [-0.4, -0.2) is 45.1 Å². The summed E-state index contributed by atoms with van der Waals surface area (Å²) >= 11 is 0. The van der Waals surface area contributed by atoms with Crippen molar-refractivity contribution in [3.8, 4) is 0 Å². The highest BCUT2D eigenvalue weighted by Gasteiger charge is 2.45. The molecular formula is C16H28N4O3S. The Morgan fingerprint density at radius 1 is 1.29 bits per heavy atom. The summed E-state index contributed by atoms with van der Waals surface area (Å²) in [6.45, 7) is 5.30. The molecule has 0 saturated heterocycles. The van der Waals surface area contributed by atoms with Crippen molar-refractivity contribution in [2.24, 2.45) is 10.4 Å². The van der Waals surface area contributed by atoms with Crippen molar-refractivity contribution in [1.82, 2.24) is 15.8 Å². The van der Waals surface area contributed by atoms with Crippen LogP contribution in [0.5, 0.6) is 0 Å². The maximum Gasteiger partial charge on any atom is 0.191 e. The smallest absolute Gasteiger partial charge is 0.191 e. The van der Waals surface area contributed by atoms with Crippen molar-refractivity contribution in [3.05, 3.63) is 17.0 Å². The minimum Gasteiger partial charge on any atom is -0.361 e. The van der Waals surface area contributed by atoms with E-state index in [4.69, 9.17) is 4.52 Å². The fourth-order valence-electron chi connectivity index (χ4n) is 2.91. The van der Waals surface area contributed by atoms with Crippen molar-refractivity contribution >= 4 is 15.8 Å². The quantitative estimate of drug-likeness (QED) is 0.538. The van der Waals surface area contributed by atoms with Crippen LogP contribution in [0.1, 0.15) is 43.7 Å². The van der Waals surface area contributed by atoms with Gasteiger partial charge in [-0.1, -0.05) is 19.0 Å². The SMILES string of the molecule is CCc1noc(CC)c1CNC(=NC)NCC1(CS(C)(=O)=O)CC1. The minimum atomic E-state index is -2.96. The first-order chi connectivity index (χ1) is 11.3. The molecule has 1 saturated carbocycles. The van der Waals surface area contributed by atoms with Crippen LogP contribution in [-0.2, 0) is 29.2 Å². The van der Waals surface area contributed by atoms with Gasteiger partial charge in [0.1, 0.15) is 15.6 Å². The molecule has 2 N–H and O–H groups in total. The van der Waals surface area contributed by atoms with Crippen molar-refractivity contribution < 1.29 is 12.9 Å². The monoisotopic (exact) mass is 356 g/mol. The predicted octanol–water partition coefficient (Wildman–Crippen LogP) is 1.29. The van der Waals surface area contributed by atoms with Crippen molar-refractivity contribution in [1.29, 1.82) is 0 Å². The standard InChI is InChI=1S/C16H28N4O3S/c1-5-13-12(14(6-2)23-20-13)9-18-15(17-3)19-10-16(7-8-16)11-24(4,21)22/h5-11H2,1-4H3,(H2,17,18,19). The van der Waals surface area contributed by atoms with Gasteiger partial charge in [0, 0.05) is 43.8 Å². The largest absolute Gasteiger partial charge is 0.361 e. The second-order valence-electron chi connectivity index (χ2n) is 6.59. The van der Waals surface area contributed by atoms with Gasteiger partial charge in [0.25, 0.3) is 0 Å². The van der Waals surface area contributed by atoms with Gasteiger partial charge in [-0.25, -0.2) is 8.42 Å². The number of rotatable bonds is 8. The zero-order chi connectivity index (χ0) is 17.8. The van der Waals surface area contributed by atoms with Gasteiger partial charge in [0.05, 0.1) is 11.4 Å². The molecule has 0 bridgehead atoms. The summed E-state index contributed by atoms with van der Waals surface area (Å²) in [5.41, 5.74) is 1.91. The molecular weight excluding hydrogens is 328 g/mol. The van der Waals surface area contributed by atoms with E-state index in [2.05, 4.69) is 27.7 Å². The van der Waals surface area contributed by atoms with Crippen LogP contribution in [0.3, 0.4) is 0 Å². The molecule has 1 aliphatic carbocycles.